The van der Waals surface area contributed by atoms with Gasteiger partial charge in [-0.3, -0.25) is 9.80 Å². The lowest BCUT2D eigenvalue weighted by molar-refractivity contribution is -0.0167. The Kier molecular flexibility index (Phi) is 3.66. The van der Waals surface area contributed by atoms with Gasteiger partial charge in [0.1, 0.15) is 0 Å². The van der Waals surface area contributed by atoms with E-state index in [1.807, 2.05) is 0 Å². The molecule has 4 nitrogen and oxygen atoms in total. The number of piperazine rings is 1. The van der Waals surface area contributed by atoms with Crippen LogP contribution in [0.25, 0.3) is 0 Å². The zero-order valence-corrected chi connectivity index (χ0v) is 10.7. The van der Waals surface area contributed by atoms with Crippen LogP contribution in [0, 0.1) is 5.92 Å². The van der Waals surface area contributed by atoms with E-state index in [0.29, 0.717) is 6.61 Å². The first-order chi connectivity index (χ1) is 8.36. The van der Waals surface area contributed by atoms with Crippen LogP contribution in [0.15, 0.2) is 0 Å². The van der Waals surface area contributed by atoms with Gasteiger partial charge >= 0.3 is 0 Å². The van der Waals surface area contributed by atoms with Crippen molar-refractivity contribution >= 4 is 0 Å². The number of aliphatic hydroxyl groups is 1. The van der Waals surface area contributed by atoms with Crippen molar-refractivity contribution in [3.63, 3.8) is 0 Å². The van der Waals surface area contributed by atoms with E-state index in [1.165, 1.54) is 45.6 Å². The van der Waals surface area contributed by atoms with E-state index >= 15 is 0 Å². The standard InChI is InChI=1S/C13H25N3O/c17-10-9-14-5-7-16(8-6-14)13-11-15-3-1-12(13)2-4-15/h12-13,17H,1-11H2. The number of hydrogen-bond acceptors (Lipinski definition) is 4. The van der Waals surface area contributed by atoms with E-state index in [0.717, 1.165) is 31.6 Å². The number of β-amino-alcohol motifs (C(OH)–C–C–N with tert-alkyl or cyclic N) is 1. The quantitative estimate of drug-likeness (QED) is 0.732. The molecule has 0 aromatic rings. The molecule has 4 fully saturated rings. The first-order valence-electron chi connectivity index (χ1n) is 7.16. The van der Waals surface area contributed by atoms with Crippen molar-refractivity contribution in [3.8, 4) is 0 Å². The predicted octanol–water partition coefficient (Wildman–Crippen LogP) is -0.309. The molecule has 1 unspecified atom stereocenters. The van der Waals surface area contributed by atoms with Gasteiger partial charge in [0.15, 0.2) is 0 Å². The van der Waals surface area contributed by atoms with Crippen LogP contribution in [0.3, 0.4) is 0 Å². The van der Waals surface area contributed by atoms with E-state index in [1.54, 1.807) is 0 Å². The minimum Gasteiger partial charge on any atom is -0.395 e. The number of piperidine rings is 3. The summed E-state index contributed by atoms with van der Waals surface area (Å²) in [6.45, 7) is 9.84. The fourth-order valence-corrected chi connectivity index (χ4v) is 3.81. The van der Waals surface area contributed by atoms with E-state index in [-0.39, 0.29) is 0 Å². The minimum absolute atomic E-state index is 0.305. The molecular weight excluding hydrogens is 214 g/mol. The molecule has 0 spiro atoms. The number of nitrogens with zero attached hydrogens (tertiary/aromatic N) is 3. The Balaban J connectivity index is 1.53. The summed E-state index contributed by atoms with van der Waals surface area (Å²) in [5, 5.41) is 8.96. The normalized spacial score (nSPS) is 39.7. The first kappa shape index (κ1) is 11.9. The molecule has 98 valence electrons. The van der Waals surface area contributed by atoms with Crippen LogP contribution in [0.2, 0.25) is 0 Å². The first-order valence-corrected chi connectivity index (χ1v) is 7.16. The van der Waals surface area contributed by atoms with Gasteiger partial charge in [-0.15, -0.1) is 0 Å². The maximum absolute atomic E-state index is 8.96. The van der Waals surface area contributed by atoms with Crippen molar-refractivity contribution in [2.45, 2.75) is 18.9 Å². The Morgan fingerprint density at radius 1 is 0.941 bits per heavy atom. The second-order valence-corrected chi connectivity index (χ2v) is 5.81. The summed E-state index contributed by atoms with van der Waals surface area (Å²) in [5.74, 6) is 0.962. The van der Waals surface area contributed by atoms with Gasteiger partial charge in [0.2, 0.25) is 0 Å². The topological polar surface area (TPSA) is 30.0 Å². The third-order valence-corrected chi connectivity index (χ3v) is 4.91. The molecule has 0 aromatic heterocycles. The Hall–Kier alpha value is -0.160. The zero-order valence-electron chi connectivity index (χ0n) is 10.7. The lowest BCUT2D eigenvalue weighted by atomic mass is 9.83. The van der Waals surface area contributed by atoms with Crippen LogP contribution in [0.5, 0.6) is 0 Å². The molecule has 0 radical (unpaired) electrons. The fraction of sp³-hybridized carbons (Fsp3) is 1.00. The van der Waals surface area contributed by atoms with Crippen LogP contribution < -0.4 is 0 Å². The molecule has 4 heteroatoms. The molecular formula is C13H25N3O. The highest BCUT2D eigenvalue weighted by Crippen LogP contribution is 2.31. The monoisotopic (exact) mass is 239 g/mol. The summed E-state index contributed by atoms with van der Waals surface area (Å²) in [5.41, 5.74) is 0. The van der Waals surface area contributed by atoms with E-state index in [9.17, 15) is 0 Å². The molecule has 4 rings (SSSR count). The van der Waals surface area contributed by atoms with Gasteiger partial charge < -0.3 is 10.0 Å². The highest BCUT2D eigenvalue weighted by Gasteiger charge is 2.38. The van der Waals surface area contributed by atoms with Gasteiger partial charge in [0, 0.05) is 45.3 Å². The van der Waals surface area contributed by atoms with Crippen LogP contribution in [0.1, 0.15) is 12.8 Å². The molecule has 4 heterocycles. The van der Waals surface area contributed by atoms with Gasteiger partial charge in [-0.2, -0.15) is 0 Å². The number of rotatable bonds is 3. The summed E-state index contributed by atoms with van der Waals surface area (Å²) in [4.78, 5) is 7.74. The number of fused-ring (bicyclic) bond motifs is 3. The fourth-order valence-electron chi connectivity index (χ4n) is 3.81. The summed E-state index contributed by atoms with van der Waals surface area (Å²) in [7, 11) is 0. The average molecular weight is 239 g/mol. The largest absolute Gasteiger partial charge is 0.395 e. The van der Waals surface area contributed by atoms with Gasteiger partial charge in [-0.05, 0) is 31.8 Å². The summed E-state index contributed by atoms with van der Waals surface area (Å²) in [6.07, 6.45) is 2.84. The molecule has 17 heavy (non-hydrogen) atoms. The molecule has 4 saturated heterocycles. The van der Waals surface area contributed by atoms with Gasteiger partial charge in [0.05, 0.1) is 6.61 Å². The number of hydrogen-bond donors (Lipinski definition) is 1. The molecule has 4 aliphatic rings. The Morgan fingerprint density at radius 2 is 1.65 bits per heavy atom. The van der Waals surface area contributed by atoms with Crippen LogP contribution in [0.4, 0.5) is 0 Å². The summed E-state index contributed by atoms with van der Waals surface area (Å²) < 4.78 is 0. The van der Waals surface area contributed by atoms with Crippen LogP contribution in [-0.4, -0.2) is 84.8 Å². The van der Waals surface area contributed by atoms with E-state index in [2.05, 4.69) is 14.7 Å². The predicted molar refractivity (Wildman–Crippen MR) is 68.1 cm³/mol. The highest BCUT2D eigenvalue weighted by atomic mass is 16.3. The van der Waals surface area contributed by atoms with Crippen LogP contribution >= 0.6 is 0 Å². The zero-order chi connectivity index (χ0) is 11.7. The van der Waals surface area contributed by atoms with Crippen molar-refractivity contribution < 1.29 is 5.11 Å². The lowest BCUT2D eigenvalue weighted by Crippen LogP contribution is -2.61. The van der Waals surface area contributed by atoms with E-state index in [4.69, 9.17) is 5.11 Å². The van der Waals surface area contributed by atoms with Gasteiger partial charge in [0.25, 0.3) is 0 Å². The summed E-state index contributed by atoms with van der Waals surface area (Å²) >= 11 is 0. The van der Waals surface area contributed by atoms with Gasteiger partial charge in [-0.1, -0.05) is 0 Å². The smallest absolute Gasteiger partial charge is 0.0558 e. The van der Waals surface area contributed by atoms with E-state index < -0.39 is 0 Å². The third-order valence-electron chi connectivity index (χ3n) is 4.91. The maximum Gasteiger partial charge on any atom is 0.0558 e. The maximum atomic E-state index is 8.96. The van der Waals surface area contributed by atoms with Crippen molar-refractivity contribution in [1.82, 2.24) is 14.7 Å². The Morgan fingerprint density at radius 3 is 2.18 bits per heavy atom. The second-order valence-electron chi connectivity index (χ2n) is 5.81. The van der Waals surface area contributed by atoms with Gasteiger partial charge in [-0.25, -0.2) is 0 Å². The second kappa shape index (κ2) is 5.22. The number of aliphatic hydroxyl groups excluding tert-OH is 1. The highest BCUT2D eigenvalue weighted by molar-refractivity contribution is 4.93. The Bertz CT molecular complexity index is 245. The van der Waals surface area contributed by atoms with Crippen molar-refractivity contribution in [2.75, 3.05) is 59.0 Å². The molecule has 0 saturated carbocycles. The van der Waals surface area contributed by atoms with Crippen molar-refractivity contribution in [3.05, 3.63) is 0 Å². The average Bonchev–Trinajstić information content (AvgIpc) is 2.41. The molecule has 1 atom stereocenters. The summed E-state index contributed by atoms with van der Waals surface area (Å²) in [6, 6.07) is 0.828. The molecule has 2 bridgehead atoms. The lowest BCUT2D eigenvalue weighted by Gasteiger charge is -2.51. The molecule has 1 N–H and O–H groups in total. The van der Waals surface area contributed by atoms with Crippen molar-refractivity contribution in [1.29, 1.82) is 0 Å². The third kappa shape index (κ3) is 2.50. The Labute approximate surface area is 104 Å². The molecule has 0 aliphatic carbocycles. The minimum atomic E-state index is 0.305. The SMILES string of the molecule is OCCN1CCN(C2CN3CCC2CC3)CC1. The molecule has 0 aromatic carbocycles. The van der Waals surface area contributed by atoms with Crippen LogP contribution in [-0.2, 0) is 0 Å². The van der Waals surface area contributed by atoms with Crippen molar-refractivity contribution in [2.24, 2.45) is 5.92 Å². The molecule has 4 aliphatic heterocycles. The molecule has 0 amide bonds.